The Hall–Kier alpha value is -0.180. The minimum atomic E-state index is -0.338. The molecule has 0 aromatic rings. The molecule has 4 aliphatic rings. The van der Waals surface area contributed by atoms with Crippen molar-refractivity contribution in [2.24, 2.45) is 46.3 Å². The number of halogens is 3. The SMILES string of the molecule is CC(C)CCC[C@@H](C)[C@H]1CC[C@@H]2[C@H]3CC=C4C[C@@H](OC(=O)CC(Cl)=C(Cl)Cl)CC[C@]4(C)[C@H]3CC[C@@]21C. The fourth-order valence-electron chi connectivity index (χ4n) is 9.17. The Morgan fingerprint density at radius 2 is 1.78 bits per heavy atom. The van der Waals surface area contributed by atoms with Gasteiger partial charge >= 0.3 is 5.97 Å². The Bertz CT molecular complexity index is 875. The van der Waals surface area contributed by atoms with Crippen molar-refractivity contribution in [3.8, 4) is 0 Å². The van der Waals surface area contributed by atoms with Crippen LogP contribution in [-0.4, -0.2) is 12.1 Å². The average molecular weight is 558 g/mol. The third-order valence-corrected chi connectivity index (χ3v) is 12.0. The normalized spacial score (nSPS) is 38.5. The molecule has 0 radical (unpaired) electrons. The van der Waals surface area contributed by atoms with E-state index in [1.54, 1.807) is 0 Å². The summed E-state index contributed by atoms with van der Waals surface area (Å²) < 4.78 is 5.74. The van der Waals surface area contributed by atoms with E-state index in [4.69, 9.17) is 39.5 Å². The Morgan fingerprint density at radius 1 is 1.03 bits per heavy atom. The minimum Gasteiger partial charge on any atom is -0.462 e. The monoisotopic (exact) mass is 556 g/mol. The summed E-state index contributed by atoms with van der Waals surface area (Å²) in [6.07, 6.45) is 16.3. The highest BCUT2D eigenvalue weighted by Gasteiger charge is 2.59. The van der Waals surface area contributed by atoms with Crippen molar-refractivity contribution in [2.75, 3.05) is 0 Å². The molecule has 0 aromatic carbocycles. The molecule has 36 heavy (non-hydrogen) atoms. The number of hydrogen-bond acceptors (Lipinski definition) is 2. The molecule has 0 unspecified atom stereocenters. The quantitative estimate of drug-likeness (QED) is 0.219. The van der Waals surface area contributed by atoms with Gasteiger partial charge in [0.15, 0.2) is 0 Å². The molecule has 0 aliphatic heterocycles. The first-order valence-corrected chi connectivity index (χ1v) is 15.7. The largest absolute Gasteiger partial charge is 0.462 e. The molecule has 4 rings (SSSR count). The number of hydrogen-bond donors (Lipinski definition) is 0. The summed E-state index contributed by atoms with van der Waals surface area (Å²) in [5, 5.41) is 0.151. The lowest BCUT2D eigenvalue weighted by Crippen LogP contribution is -2.51. The lowest BCUT2D eigenvalue weighted by atomic mass is 9.47. The molecular weight excluding hydrogens is 511 g/mol. The summed E-state index contributed by atoms with van der Waals surface area (Å²) in [6, 6.07) is 0. The molecular formula is C31H47Cl3O2. The zero-order valence-corrected chi connectivity index (χ0v) is 25.3. The average Bonchev–Trinajstić information content (AvgIpc) is 3.16. The van der Waals surface area contributed by atoms with Crippen molar-refractivity contribution in [3.63, 3.8) is 0 Å². The minimum absolute atomic E-state index is 0.0568. The van der Waals surface area contributed by atoms with Gasteiger partial charge in [0.1, 0.15) is 10.6 Å². The van der Waals surface area contributed by atoms with Gasteiger partial charge in [-0.2, -0.15) is 0 Å². The van der Waals surface area contributed by atoms with Crippen LogP contribution in [0.2, 0.25) is 0 Å². The van der Waals surface area contributed by atoms with Gasteiger partial charge in [0.25, 0.3) is 0 Å². The summed E-state index contributed by atoms with van der Waals surface area (Å²) in [5.74, 6) is 4.69. The maximum atomic E-state index is 12.4. The molecule has 0 amide bonds. The van der Waals surface area contributed by atoms with Crippen LogP contribution >= 0.6 is 34.8 Å². The Morgan fingerprint density at radius 3 is 2.47 bits per heavy atom. The van der Waals surface area contributed by atoms with Crippen molar-refractivity contribution < 1.29 is 9.53 Å². The van der Waals surface area contributed by atoms with E-state index in [1.807, 2.05) is 0 Å². The highest BCUT2D eigenvalue weighted by atomic mass is 35.5. The van der Waals surface area contributed by atoms with Gasteiger partial charge < -0.3 is 4.74 Å². The van der Waals surface area contributed by atoms with Crippen LogP contribution in [0.15, 0.2) is 21.2 Å². The predicted molar refractivity (Wildman–Crippen MR) is 152 cm³/mol. The zero-order valence-electron chi connectivity index (χ0n) is 23.1. The van der Waals surface area contributed by atoms with E-state index in [0.29, 0.717) is 5.41 Å². The third kappa shape index (κ3) is 5.72. The van der Waals surface area contributed by atoms with Crippen molar-refractivity contribution in [2.45, 2.75) is 118 Å². The van der Waals surface area contributed by atoms with Gasteiger partial charge in [-0.1, -0.05) is 100 Å². The van der Waals surface area contributed by atoms with Crippen LogP contribution in [0.5, 0.6) is 0 Å². The fourth-order valence-corrected chi connectivity index (χ4v) is 9.42. The lowest BCUT2D eigenvalue weighted by Gasteiger charge is -2.58. The highest BCUT2D eigenvalue weighted by Crippen LogP contribution is 2.67. The molecule has 0 saturated heterocycles. The fraction of sp³-hybridized carbons (Fsp3) is 0.839. The third-order valence-electron chi connectivity index (χ3n) is 11.1. The summed E-state index contributed by atoms with van der Waals surface area (Å²) in [6.45, 7) is 12.4. The van der Waals surface area contributed by atoms with E-state index in [1.165, 1.54) is 56.9 Å². The van der Waals surface area contributed by atoms with Gasteiger partial charge in [-0.3, -0.25) is 4.79 Å². The van der Waals surface area contributed by atoms with Crippen LogP contribution in [0, 0.1) is 46.3 Å². The molecule has 3 saturated carbocycles. The van der Waals surface area contributed by atoms with Crippen LogP contribution in [0.3, 0.4) is 0 Å². The first-order valence-electron chi connectivity index (χ1n) is 14.5. The van der Waals surface area contributed by atoms with Crippen molar-refractivity contribution >= 4 is 40.8 Å². The van der Waals surface area contributed by atoms with E-state index in [2.05, 4.69) is 40.7 Å². The maximum absolute atomic E-state index is 12.4. The van der Waals surface area contributed by atoms with Crippen LogP contribution < -0.4 is 0 Å². The molecule has 2 nitrogen and oxygen atoms in total. The molecule has 204 valence electrons. The number of rotatable bonds is 8. The van der Waals surface area contributed by atoms with Gasteiger partial charge in [-0.05, 0) is 91.3 Å². The van der Waals surface area contributed by atoms with Gasteiger partial charge in [0.05, 0.1) is 11.5 Å². The number of carbonyl (C=O) groups is 1. The number of ether oxygens (including phenoxy) is 1. The second-order valence-electron chi connectivity index (χ2n) is 13.5. The van der Waals surface area contributed by atoms with Gasteiger partial charge in [-0.25, -0.2) is 0 Å². The van der Waals surface area contributed by atoms with Crippen molar-refractivity contribution in [3.05, 3.63) is 21.2 Å². The molecule has 5 heteroatoms. The van der Waals surface area contributed by atoms with Gasteiger partial charge in [-0.15, -0.1) is 0 Å². The van der Waals surface area contributed by atoms with Crippen LogP contribution in [0.4, 0.5) is 0 Å². The second-order valence-corrected chi connectivity index (χ2v) is 14.9. The Kier molecular flexibility index (Phi) is 9.22. The number of fused-ring (bicyclic) bond motifs is 5. The number of carbonyl (C=O) groups excluding carboxylic acids is 1. The molecule has 4 aliphatic carbocycles. The summed E-state index contributed by atoms with van der Waals surface area (Å²) in [4.78, 5) is 12.4. The van der Waals surface area contributed by atoms with Crippen molar-refractivity contribution in [1.82, 2.24) is 0 Å². The van der Waals surface area contributed by atoms with Gasteiger partial charge in [0, 0.05) is 6.42 Å². The lowest BCUT2D eigenvalue weighted by molar-refractivity contribution is -0.150. The maximum Gasteiger partial charge on any atom is 0.311 e. The van der Waals surface area contributed by atoms with E-state index >= 15 is 0 Å². The van der Waals surface area contributed by atoms with E-state index in [0.717, 1.165) is 54.8 Å². The van der Waals surface area contributed by atoms with Crippen LogP contribution in [-0.2, 0) is 9.53 Å². The second kappa shape index (κ2) is 11.5. The highest BCUT2D eigenvalue weighted by molar-refractivity contribution is 6.59. The Balaban J connectivity index is 1.41. The predicted octanol–water partition coefficient (Wildman–Crippen LogP) is 10.2. The molecule has 8 atom stereocenters. The summed E-state index contributed by atoms with van der Waals surface area (Å²) >= 11 is 17.4. The molecule has 0 N–H and O–H groups in total. The van der Waals surface area contributed by atoms with E-state index in [9.17, 15) is 4.79 Å². The van der Waals surface area contributed by atoms with E-state index in [-0.39, 0.29) is 33.4 Å². The zero-order chi connectivity index (χ0) is 26.3. The smallest absolute Gasteiger partial charge is 0.311 e. The topological polar surface area (TPSA) is 26.3 Å². The standard InChI is InChI=1S/C31H47Cl3O2/c1-19(2)7-6-8-20(3)24-11-12-25-23-10-9-21-17-22(36-28(35)18-27(32)29(33)34)13-15-30(21,4)26(23)14-16-31(24,25)5/h9,19-20,22-26H,6-8,10-18H2,1-5H3/t20-,22+,23-,24-,25-,26+,30+,31-/m1/s1. The molecule has 0 bridgehead atoms. The molecule has 0 heterocycles. The number of allylic oxidation sites excluding steroid dienone is 1. The van der Waals surface area contributed by atoms with Crippen LogP contribution in [0.25, 0.3) is 0 Å². The molecule has 0 spiro atoms. The van der Waals surface area contributed by atoms with Gasteiger partial charge in [0.2, 0.25) is 0 Å². The van der Waals surface area contributed by atoms with E-state index < -0.39 is 0 Å². The summed E-state index contributed by atoms with van der Waals surface area (Å²) in [5.41, 5.74) is 2.30. The van der Waals surface area contributed by atoms with Crippen LogP contribution in [0.1, 0.15) is 112 Å². The first-order chi connectivity index (χ1) is 17.0. The Labute approximate surface area is 234 Å². The molecule has 0 aromatic heterocycles. The molecule has 3 fully saturated rings. The van der Waals surface area contributed by atoms with Crippen molar-refractivity contribution in [1.29, 1.82) is 0 Å². The summed E-state index contributed by atoms with van der Waals surface area (Å²) in [7, 11) is 0. The first kappa shape index (κ1) is 28.8. The number of esters is 1.